The van der Waals surface area contributed by atoms with E-state index < -0.39 is 18.2 Å². The van der Waals surface area contributed by atoms with Gasteiger partial charge in [0.15, 0.2) is 0 Å². The summed E-state index contributed by atoms with van der Waals surface area (Å²) in [6.45, 7) is 1.03. The van der Waals surface area contributed by atoms with Crippen molar-refractivity contribution in [2.24, 2.45) is 16.5 Å². The van der Waals surface area contributed by atoms with Gasteiger partial charge < -0.3 is 16.6 Å². The van der Waals surface area contributed by atoms with Crippen molar-refractivity contribution < 1.29 is 14.3 Å². The fourth-order valence-corrected chi connectivity index (χ4v) is 0.961. The molecule has 0 aromatic carbocycles. The van der Waals surface area contributed by atoms with Crippen LogP contribution in [0, 0.1) is 0 Å². The molecule has 0 aliphatic heterocycles. The first-order chi connectivity index (χ1) is 7.42. The minimum absolute atomic E-state index is 0.0562. The highest BCUT2D eigenvalue weighted by atomic mass is 19.1. The molecule has 0 aliphatic carbocycles. The van der Waals surface area contributed by atoms with Crippen LogP contribution in [0.2, 0.25) is 0 Å². The van der Waals surface area contributed by atoms with E-state index >= 15 is 0 Å². The van der Waals surface area contributed by atoms with E-state index in [9.17, 15) is 9.18 Å². The summed E-state index contributed by atoms with van der Waals surface area (Å²) in [5.41, 5.74) is 8.87. The molecule has 92 valence electrons. The third-order valence-electron chi connectivity index (χ3n) is 2.03. The minimum atomic E-state index is -1.78. The SMILES string of the molecule is CC(N)=NCC=CCC[C@@](N)(CF)C(=O)O. The second kappa shape index (κ2) is 6.95. The molecule has 5 nitrogen and oxygen atoms in total. The zero-order valence-electron chi connectivity index (χ0n) is 9.32. The quantitative estimate of drug-likeness (QED) is 0.336. The molecule has 0 fully saturated rings. The highest BCUT2D eigenvalue weighted by Crippen LogP contribution is 2.11. The number of alkyl halides is 1. The molecule has 0 heterocycles. The summed E-state index contributed by atoms with van der Waals surface area (Å²) >= 11 is 0. The summed E-state index contributed by atoms with van der Waals surface area (Å²) in [6.07, 6.45) is 3.90. The molecule has 6 heteroatoms. The van der Waals surface area contributed by atoms with Crippen LogP contribution in [-0.4, -0.2) is 35.7 Å². The van der Waals surface area contributed by atoms with Crippen molar-refractivity contribution in [1.29, 1.82) is 0 Å². The summed E-state index contributed by atoms with van der Waals surface area (Å²) in [7, 11) is 0. The number of halogens is 1. The van der Waals surface area contributed by atoms with Crippen LogP contribution < -0.4 is 11.5 Å². The lowest BCUT2D eigenvalue weighted by Gasteiger charge is -2.19. The van der Waals surface area contributed by atoms with E-state index in [4.69, 9.17) is 16.6 Å². The monoisotopic (exact) mass is 231 g/mol. The zero-order valence-corrected chi connectivity index (χ0v) is 9.32. The third-order valence-corrected chi connectivity index (χ3v) is 2.03. The molecule has 0 aliphatic rings. The normalized spacial score (nSPS) is 16.3. The van der Waals surface area contributed by atoms with Gasteiger partial charge in [-0.25, -0.2) is 4.39 Å². The van der Waals surface area contributed by atoms with E-state index in [2.05, 4.69) is 4.99 Å². The van der Waals surface area contributed by atoms with Crippen LogP contribution in [-0.2, 0) is 4.79 Å². The average Bonchev–Trinajstić information content (AvgIpc) is 2.22. The molecule has 0 amide bonds. The number of carbonyl (C=O) groups is 1. The molecule has 0 spiro atoms. The van der Waals surface area contributed by atoms with Gasteiger partial charge in [-0.3, -0.25) is 9.79 Å². The standard InChI is InChI=1S/C10H18FN3O2/c1-8(12)14-6-4-2-3-5-10(13,7-11)9(15)16/h2,4H,3,5-7,13H2,1H3,(H2,12,14)(H,15,16)/t10-/m1/s1. The van der Waals surface area contributed by atoms with Crippen molar-refractivity contribution in [2.75, 3.05) is 13.2 Å². The summed E-state index contributed by atoms with van der Waals surface area (Å²) in [5, 5.41) is 8.68. The number of nitrogens with two attached hydrogens (primary N) is 2. The lowest BCUT2D eigenvalue weighted by atomic mass is 9.96. The Bertz CT molecular complexity index is 288. The van der Waals surface area contributed by atoms with Gasteiger partial charge in [-0.2, -0.15) is 0 Å². The fraction of sp³-hybridized carbons (Fsp3) is 0.600. The Morgan fingerprint density at radius 2 is 2.19 bits per heavy atom. The minimum Gasteiger partial charge on any atom is -0.480 e. The van der Waals surface area contributed by atoms with Gasteiger partial charge in [0, 0.05) is 0 Å². The van der Waals surface area contributed by atoms with Crippen LogP contribution in [0.3, 0.4) is 0 Å². The first-order valence-corrected chi connectivity index (χ1v) is 4.92. The molecule has 0 aromatic heterocycles. The van der Waals surface area contributed by atoms with Crippen molar-refractivity contribution in [3.05, 3.63) is 12.2 Å². The number of rotatable bonds is 7. The molecular weight excluding hydrogens is 213 g/mol. The number of amidine groups is 1. The topological polar surface area (TPSA) is 102 Å². The van der Waals surface area contributed by atoms with Crippen LogP contribution >= 0.6 is 0 Å². The maximum absolute atomic E-state index is 12.4. The predicted molar refractivity (Wildman–Crippen MR) is 61.1 cm³/mol. The molecule has 1 atom stereocenters. The molecule has 0 radical (unpaired) electrons. The van der Waals surface area contributed by atoms with E-state index in [1.165, 1.54) is 0 Å². The Kier molecular flexibility index (Phi) is 6.32. The molecule has 5 N–H and O–H groups in total. The Morgan fingerprint density at radius 1 is 1.56 bits per heavy atom. The lowest BCUT2D eigenvalue weighted by Crippen LogP contribution is -2.49. The van der Waals surface area contributed by atoms with Crippen LogP contribution in [0.1, 0.15) is 19.8 Å². The number of carboxylic acid groups (broad SMARTS) is 1. The largest absolute Gasteiger partial charge is 0.480 e. The van der Waals surface area contributed by atoms with Gasteiger partial charge in [0.1, 0.15) is 12.2 Å². The van der Waals surface area contributed by atoms with Gasteiger partial charge >= 0.3 is 5.97 Å². The summed E-state index contributed by atoms with van der Waals surface area (Å²) in [5.74, 6) is -0.841. The van der Waals surface area contributed by atoms with E-state index in [0.717, 1.165) is 0 Å². The van der Waals surface area contributed by atoms with Crippen molar-refractivity contribution in [3.63, 3.8) is 0 Å². The number of allylic oxidation sites excluding steroid dienone is 1. The molecule has 0 unspecified atom stereocenters. The van der Waals surface area contributed by atoms with Gasteiger partial charge in [-0.15, -0.1) is 0 Å². The van der Waals surface area contributed by atoms with Gasteiger partial charge in [0.25, 0.3) is 0 Å². The molecule has 0 saturated heterocycles. The van der Waals surface area contributed by atoms with E-state index in [0.29, 0.717) is 18.8 Å². The number of aliphatic carboxylic acids is 1. The number of hydrogen-bond donors (Lipinski definition) is 3. The second-order valence-electron chi connectivity index (χ2n) is 3.59. The number of carboxylic acids is 1. The first-order valence-electron chi connectivity index (χ1n) is 4.92. The number of nitrogens with zero attached hydrogens (tertiary/aromatic N) is 1. The van der Waals surface area contributed by atoms with Gasteiger partial charge in [0.05, 0.1) is 12.4 Å². The molecule has 0 saturated carbocycles. The summed E-state index contributed by atoms with van der Waals surface area (Å²) < 4.78 is 12.4. The molecular formula is C10H18FN3O2. The Balaban J connectivity index is 3.97. The highest BCUT2D eigenvalue weighted by Gasteiger charge is 2.32. The maximum Gasteiger partial charge on any atom is 0.326 e. The predicted octanol–water partition coefficient (Wildman–Crippen LogP) is 0.452. The number of aliphatic imine (C=N–C) groups is 1. The van der Waals surface area contributed by atoms with E-state index in [-0.39, 0.29) is 6.42 Å². The van der Waals surface area contributed by atoms with Crippen LogP contribution in [0.25, 0.3) is 0 Å². The lowest BCUT2D eigenvalue weighted by molar-refractivity contribution is -0.144. The van der Waals surface area contributed by atoms with Gasteiger partial charge in [0.2, 0.25) is 0 Å². The molecule has 0 aromatic rings. The van der Waals surface area contributed by atoms with Crippen molar-refractivity contribution in [1.82, 2.24) is 0 Å². The summed E-state index contributed by atoms with van der Waals surface area (Å²) in [6, 6.07) is 0. The fourth-order valence-electron chi connectivity index (χ4n) is 0.961. The Morgan fingerprint density at radius 3 is 2.62 bits per heavy atom. The van der Waals surface area contributed by atoms with E-state index in [1.807, 2.05) is 0 Å². The Hall–Kier alpha value is -1.43. The second-order valence-corrected chi connectivity index (χ2v) is 3.59. The van der Waals surface area contributed by atoms with Gasteiger partial charge in [-0.05, 0) is 19.8 Å². The highest BCUT2D eigenvalue weighted by molar-refractivity contribution is 5.78. The number of hydrogen-bond acceptors (Lipinski definition) is 3. The first kappa shape index (κ1) is 14.6. The molecule has 16 heavy (non-hydrogen) atoms. The smallest absolute Gasteiger partial charge is 0.326 e. The Labute approximate surface area is 94.0 Å². The average molecular weight is 231 g/mol. The van der Waals surface area contributed by atoms with Crippen molar-refractivity contribution in [2.45, 2.75) is 25.3 Å². The van der Waals surface area contributed by atoms with Crippen LogP contribution in [0.4, 0.5) is 4.39 Å². The molecule has 0 bridgehead atoms. The van der Waals surface area contributed by atoms with Gasteiger partial charge in [-0.1, -0.05) is 12.2 Å². The molecule has 0 rings (SSSR count). The maximum atomic E-state index is 12.4. The zero-order chi connectivity index (χ0) is 12.6. The van der Waals surface area contributed by atoms with Crippen LogP contribution in [0.15, 0.2) is 17.1 Å². The van der Waals surface area contributed by atoms with Crippen LogP contribution in [0.5, 0.6) is 0 Å². The summed E-state index contributed by atoms with van der Waals surface area (Å²) in [4.78, 5) is 14.5. The third kappa shape index (κ3) is 5.45. The van der Waals surface area contributed by atoms with E-state index in [1.54, 1.807) is 19.1 Å². The van der Waals surface area contributed by atoms with Crippen molar-refractivity contribution >= 4 is 11.8 Å². The van der Waals surface area contributed by atoms with Crippen molar-refractivity contribution in [3.8, 4) is 0 Å².